The molecule has 4 nitrogen and oxygen atoms in total. The number of nitrogens with one attached hydrogen (secondary N) is 2. The van der Waals surface area contributed by atoms with Crippen LogP contribution < -0.4 is 10.6 Å². The minimum atomic E-state index is 0.337. The van der Waals surface area contributed by atoms with Crippen molar-refractivity contribution in [2.75, 3.05) is 23.7 Å². The maximum absolute atomic E-state index is 4.68. The summed E-state index contributed by atoms with van der Waals surface area (Å²) in [4.78, 5) is 9.33. The molecule has 0 saturated carbocycles. The van der Waals surface area contributed by atoms with Gasteiger partial charge in [0, 0.05) is 24.6 Å². The maximum atomic E-state index is 4.68. The summed E-state index contributed by atoms with van der Waals surface area (Å²) in [6.07, 6.45) is 2.24. The van der Waals surface area contributed by atoms with Crippen molar-refractivity contribution >= 4 is 11.6 Å². The summed E-state index contributed by atoms with van der Waals surface area (Å²) < 4.78 is 0. The van der Waals surface area contributed by atoms with Crippen LogP contribution in [0.4, 0.5) is 11.6 Å². The van der Waals surface area contributed by atoms with Crippen molar-refractivity contribution in [1.29, 1.82) is 0 Å². The molecule has 1 aromatic heterocycles. The first-order chi connectivity index (χ1) is 9.45. The van der Waals surface area contributed by atoms with Gasteiger partial charge in [0.05, 0.1) is 0 Å². The van der Waals surface area contributed by atoms with E-state index in [9.17, 15) is 0 Å². The van der Waals surface area contributed by atoms with Crippen LogP contribution in [0.5, 0.6) is 0 Å². The predicted octanol–water partition coefficient (Wildman–Crippen LogP) is 4.19. The Morgan fingerprint density at radius 3 is 1.95 bits per heavy atom. The zero-order valence-corrected chi connectivity index (χ0v) is 13.9. The van der Waals surface area contributed by atoms with E-state index in [1.54, 1.807) is 0 Å². The Morgan fingerprint density at radius 2 is 1.50 bits per heavy atom. The summed E-state index contributed by atoms with van der Waals surface area (Å²) in [5, 5.41) is 6.87. The minimum Gasteiger partial charge on any atom is -0.370 e. The molecule has 0 atom stereocenters. The van der Waals surface area contributed by atoms with Crippen molar-refractivity contribution in [2.24, 2.45) is 5.92 Å². The summed E-state index contributed by atoms with van der Waals surface area (Å²) in [6, 6.07) is 0. The minimum absolute atomic E-state index is 0.337. The van der Waals surface area contributed by atoms with Gasteiger partial charge in [0.2, 0.25) is 0 Å². The lowest BCUT2D eigenvalue weighted by atomic mass is 10.1. The molecule has 0 bridgehead atoms. The number of nitrogens with zero attached hydrogens (tertiary/aromatic N) is 2. The van der Waals surface area contributed by atoms with Gasteiger partial charge in [-0.25, -0.2) is 9.97 Å². The topological polar surface area (TPSA) is 49.8 Å². The molecule has 0 spiro atoms. The largest absolute Gasteiger partial charge is 0.370 e. The standard InChI is InChI=1S/C16H30N4/c1-7-9-17-15-13(6)16(18-10-8-11(2)3)20-14(19-15)12(4)5/h11-12H,7-10H2,1-6H3,(H2,17,18,19,20). The molecule has 0 saturated heterocycles. The normalized spacial score (nSPS) is 11.2. The van der Waals surface area contributed by atoms with E-state index in [1.807, 2.05) is 0 Å². The third-order valence-corrected chi connectivity index (χ3v) is 3.24. The molecule has 0 fully saturated rings. The second-order valence-electron chi connectivity index (χ2n) is 6.09. The first-order valence-corrected chi connectivity index (χ1v) is 7.81. The average Bonchev–Trinajstić information content (AvgIpc) is 2.38. The Morgan fingerprint density at radius 1 is 0.950 bits per heavy atom. The molecule has 0 amide bonds. The Hall–Kier alpha value is -1.32. The van der Waals surface area contributed by atoms with Crippen LogP contribution in [-0.4, -0.2) is 23.1 Å². The second-order valence-corrected chi connectivity index (χ2v) is 6.09. The van der Waals surface area contributed by atoms with Crippen LogP contribution in [0.15, 0.2) is 0 Å². The molecule has 0 aliphatic heterocycles. The molecule has 1 aromatic rings. The molecule has 2 N–H and O–H groups in total. The van der Waals surface area contributed by atoms with Crippen molar-refractivity contribution in [3.05, 3.63) is 11.4 Å². The van der Waals surface area contributed by atoms with Crippen LogP contribution >= 0.6 is 0 Å². The van der Waals surface area contributed by atoms with Gasteiger partial charge in [-0.3, -0.25) is 0 Å². The summed E-state index contributed by atoms with van der Waals surface area (Å²) in [7, 11) is 0. The monoisotopic (exact) mass is 278 g/mol. The first kappa shape index (κ1) is 16.7. The zero-order valence-electron chi connectivity index (χ0n) is 13.9. The third-order valence-electron chi connectivity index (χ3n) is 3.24. The molecule has 0 aromatic carbocycles. The summed E-state index contributed by atoms with van der Waals surface area (Å²) in [6.45, 7) is 14.9. The van der Waals surface area contributed by atoms with E-state index in [0.29, 0.717) is 11.8 Å². The molecule has 20 heavy (non-hydrogen) atoms. The Balaban J connectivity index is 2.92. The summed E-state index contributed by atoms with van der Waals surface area (Å²) in [5.74, 6) is 3.89. The van der Waals surface area contributed by atoms with Crippen molar-refractivity contribution in [2.45, 2.75) is 60.3 Å². The molecule has 4 heteroatoms. The number of anilines is 2. The van der Waals surface area contributed by atoms with E-state index in [0.717, 1.165) is 49.0 Å². The van der Waals surface area contributed by atoms with Crippen molar-refractivity contribution in [3.63, 3.8) is 0 Å². The lowest BCUT2D eigenvalue weighted by Gasteiger charge is -2.16. The van der Waals surface area contributed by atoms with Crippen molar-refractivity contribution in [3.8, 4) is 0 Å². The number of hydrogen-bond acceptors (Lipinski definition) is 4. The van der Waals surface area contributed by atoms with Gasteiger partial charge in [-0.2, -0.15) is 0 Å². The lowest BCUT2D eigenvalue weighted by Crippen LogP contribution is -2.14. The Kier molecular flexibility index (Phi) is 6.76. The summed E-state index contributed by atoms with van der Waals surface area (Å²) >= 11 is 0. The van der Waals surface area contributed by atoms with E-state index in [2.05, 4.69) is 62.1 Å². The van der Waals surface area contributed by atoms with Crippen LogP contribution in [0.25, 0.3) is 0 Å². The van der Waals surface area contributed by atoms with E-state index >= 15 is 0 Å². The molecule has 0 aliphatic carbocycles. The molecular weight excluding hydrogens is 248 g/mol. The highest BCUT2D eigenvalue weighted by molar-refractivity contribution is 5.57. The molecule has 1 heterocycles. The number of aromatic nitrogens is 2. The highest BCUT2D eigenvalue weighted by atomic mass is 15.1. The molecule has 114 valence electrons. The quantitative estimate of drug-likeness (QED) is 0.748. The van der Waals surface area contributed by atoms with Gasteiger partial charge >= 0.3 is 0 Å². The second kappa shape index (κ2) is 8.08. The van der Waals surface area contributed by atoms with Crippen LogP contribution in [0.1, 0.15) is 64.8 Å². The van der Waals surface area contributed by atoms with E-state index in [4.69, 9.17) is 0 Å². The molecule has 0 aliphatic rings. The molecular formula is C16H30N4. The fourth-order valence-corrected chi connectivity index (χ4v) is 1.86. The zero-order chi connectivity index (χ0) is 15.1. The summed E-state index contributed by atoms with van der Waals surface area (Å²) in [5.41, 5.74) is 1.12. The van der Waals surface area contributed by atoms with Gasteiger partial charge in [0.15, 0.2) is 0 Å². The van der Waals surface area contributed by atoms with Gasteiger partial charge < -0.3 is 10.6 Å². The van der Waals surface area contributed by atoms with Crippen LogP contribution in [0.2, 0.25) is 0 Å². The number of rotatable bonds is 8. The fraction of sp³-hybridized carbons (Fsp3) is 0.750. The molecule has 0 radical (unpaired) electrons. The molecule has 1 rings (SSSR count). The Labute approximate surface area is 123 Å². The maximum Gasteiger partial charge on any atom is 0.135 e. The van der Waals surface area contributed by atoms with Gasteiger partial charge in [-0.1, -0.05) is 34.6 Å². The Bertz CT molecular complexity index is 413. The van der Waals surface area contributed by atoms with E-state index in [-0.39, 0.29) is 0 Å². The smallest absolute Gasteiger partial charge is 0.135 e. The highest BCUT2D eigenvalue weighted by Crippen LogP contribution is 2.23. The first-order valence-electron chi connectivity index (χ1n) is 7.81. The number of hydrogen-bond donors (Lipinski definition) is 2. The van der Waals surface area contributed by atoms with E-state index < -0.39 is 0 Å². The average molecular weight is 278 g/mol. The highest BCUT2D eigenvalue weighted by Gasteiger charge is 2.12. The van der Waals surface area contributed by atoms with Crippen LogP contribution in [0, 0.1) is 12.8 Å². The molecule has 0 unspecified atom stereocenters. The third kappa shape index (κ3) is 4.99. The predicted molar refractivity (Wildman–Crippen MR) is 87.6 cm³/mol. The van der Waals surface area contributed by atoms with Gasteiger partial charge in [-0.05, 0) is 25.7 Å². The fourth-order valence-electron chi connectivity index (χ4n) is 1.86. The van der Waals surface area contributed by atoms with Crippen LogP contribution in [-0.2, 0) is 0 Å². The SMILES string of the molecule is CCCNc1nc(C(C)C)nc(NCCC(C)C)c1C. The van der Waals surface area contributed by atoms with Gasteiger partial charge in [0.1, 0.15) is 17.5 Å². The van der Waals surface area contributed by atoms with Gasteiger partial charge in [0.25, 0.3) is 0 Å². The van der Waals surface area contributed by atoms with Crippen molar-refractivity contribution in [1.82, 2.24) is 9.97 Å². The van der Waals surface area contributed by atoms with Gasteiger partial charge in [-0.15, -0.1) is 0 Å². The lowest BCUT2D eigenvalue weighted by molar-refractivity contribution is 0.606. The van der Waals surface area contributed by atoms with Crippen LogP contribution in [0.3, 0.4) is 0 Å². The van der Waals surface area contributed by atoms with E-state index in [1.165, 1.54) is 0 Å². The van der Waals surface area contributed by atoms with Crippen molar-refractivity contribution < 1.29 is 0 Å².